The van der Waals surface area contributed by atoms with Crippen molar-refractivity contribution >= 4 is 15.9 Å². The molecule has 1 aliphatic rings. The van der Waals surface area contributed by atoms with E-state index in [1.54, 1.807) is 6.20 Å². The van der Waals surface area contributed by atoms with Gasteiger partial charge in [0.15, 0.2) is 0 Å². The van der Waals surface area contributed by atoms with Crippen LogP contribution in [0.5, 0.6) is 5.88 Å². The Morgan fingerprint density at radius 2 is 2.00 bits per heavy atom. The van der Waals surface area contributed by atoms with Gasteiger partial charge in [-0.05, 0) is 60.0 Å². The zero-order chi connectivity index (χ0) is 12.5. The minimum Gasteiger partial charge on any atom is -0.474 e. The maximum atomic E-state index is 6.00. The van der Waals surface area contributed by atoms with Crippen molar-refractivity contribution in [3.05, 3.63) is 22.3 Å². The molecule has 0 amide bonds. The molecule has 1 aromatic heterocycles. The third-order valence-corrected chi connectivity index (χ3v) is 4.00. The fraction of sp³-hybridized carbons (Fsp3) is 0.643. The van der Waals surface area contributed by atoms with E-state index in [0.717, 1.165) is 28.8 Å². The molecule has 2 rings (SSSR count). The van der Waals surface area contributed by atoms with Gasteiger partial charge in [-0.3, -0.25) is 0 Å². The Morgan fingerprint density at radius 1 is 1.35 bits per heavy atom. The zero-order valence-corrected chi connectivity index (χ0v) is 12.4. The lowest BCUT2D eigenvalue weighted by atomic mass is 9.76. The minimum atomic E-state index is 0.343. The summed E-state index contributed by atoms with van der Waals surface area (Å²) in [5.41, 5.74) is 1.59. The van der Waals surface area contributed by atoms with E-state index < -0.39 is 0 Å². The molecule has 2 nitrogen and oxygen atoms in total. The van der Waals surface area contributed by atoms with Crippen molar-refractivity contribution in [2.24, 2.45) is 5.41 Å². The van der Waals surface area contributed by atoms with Crippen molar-refractivity contribution < 1.29 is 4.74 Å². The summed E-state index contributed by atoms with van der Waals surface area (Å²) in [6.45, 7) is 6.72. The van der Waals surface area contributed by atoms with Crippen LogP contribution in [0.2, 0.25) is 0 Å². The van der Waals surface area contributed by atoms with Gasteiger partial charge in [-0.25, -0.2) is 4.98 Å². The van der Waals surface area contributed by atoms with E-state index in [9.17, 15) is 0 Å². The summed E-state index contributed by atoms with van der Waals surface area (Å²) in [6, 6.07) is 2.05. The molecular weight excluding hydrogens is 278 g/mol. The van der Waals surface area contributed by atoms with E-state index in [1.807, 2.05) is 6.92 Å². The number of aromatic nitrogens is 1. The number of aryl methyl sites for hydroxylation is 1. The summed E-state index contributed by atoms with van der Waals surface area (Å²) in [5.74, 6) is 0.790. The van der Waals surface area contributed by atoms with Gasteiger partial charge in [0.25, 0.3) is 0 Å². The van der Waals surface area contributed by atoms with Crippen LogP contribution >= 0.6 is 15.9 Å². The molecule has 0 bridgehead atoms. The normalized spacial score (nSPS) is 20.2. The molecule has 1 heterocycles. The van der Waals surface area contributed by atoms with Gasteiger partial charge < -0.3 is 4.74 Å². The molecule has 3 heteroatoms. The highest BCUT2D eigenvalue weighted by atomic mass is 79.9. The largest absolute Gasteiger partial charge is 0.474 e. The van der Waals surface area contributed by atoms with Crippen LogP contribution in [-0.4, -0.2) is 11.1 Å². The maximum Gasteiger partial charge on any atom is 0.216 e. The fourth-order valence-electron chi connectivity index (χ4n) is 2.30. The summed E-state index contributed by atoms with van der Waals surface area (Å²) >= 11 is 3.42. The predicted octanol–water partition coefficient (Wildman–Crippen LogP) is 4.50. The highest BCUT2D eigenvalue weighted by Crippen LogP contribution is 2.36. The molecule has 17 heavy (non-hydrogen) atoms. The Labute approximate surface area is 112 Å². The first-order chi connectivity index (χ1) is 7.96. The van der Waals surface area contributed by atoms with Crippen LogP contribution in [0.3, 0.4) is 0 Å². The summed E-state index contributed by atoms with van der Waals surface area (Å²) in [6.07, 6.45) is 6.92. The Bertz CT molecular complexity index is 393. The molecular formula is C14H20BrNO. The van der Waals surface area contributed by atoms with E-state index in [4.69, 9.17) is 4.74 Å². The standard InChI is InChI=1S/C14H20BrNO/c1-10-8-11(15)9-16-13(10)17-12-4-6-14(2,3)7-5-12/h8-9,12H,4-7H2,1-3H3. The highest BCUT2D eigenvalue weighted by Gasteiger charge is 2.28. The lowest BCUT2D eigenvalue weighted by Gasteiger charge is -2.34. The molecule has 1 aliphatic carbocycles. The van der Waals surface area contributed by atoms with Gasteiger partial charge >= 0.3 is 0 Å². The number of pyridine rings is 1. The molecule has 94 valence electrons. The van der Waals surface area contributed by atoms with Gasteiger partial charge in [0.1, 0.15) is 6.10 Å². The maximum absolute atomic E-state index is 6.00. The summed E-state index contributed by atoms with van der Waals surface area (Å²) in [4.78, 5) is 4.34. The number of rotatable bonds is 2. The number of ether oxygens (including phenoxy) is 1. The van der Waals surface area contributed by atoms with Crippen molar-refractivity contribution in [1.29, 1.82) is 0 Å². The lowest BCUT2D eigenvalue weighted by molar-refractivity contribution is 0.0942. The average molecular weight is 298 g/mol. The summed E-state index contributed by atoms with van der Waals surface area (Å²) in [5, 5.41) is 0. The molecule has 0 N–H and O–H groups in total. The molecule has 0 aliphatic heterocycles. The van der Waals surface area contributed by atoms with Crippen LogP contribution in [0.1, 0.15) is 45.1 Å². The predicted molar refractivity (Wildman–Crippen MR) is 73.3 cm³/mol. The molecule has 0 spiro atoms. The Hall–Kier alpha value is -0.570. The topological polar surface area (TPSA) is 22.1 Å². The first-order valence-corrected chi connectivity index (χ1v) is 7.04. The molecule has 0 saturated heterocycles. The van der Waals surface area contributed by atoms with E-state index in [0.29, 0.717) is 11.5 Å². The van der Waals surface area contributed by atoms with Crippen molar-refractivity contribution in [2.75, 3.05) is 0 Å². The first-order valence-electron chi connectivity index (χ1n) is 6.25. The molecule has 1 saturated carbocycles. The fourth-order valence-corrected chi connectivity index (χ4v) is 2.75. The van der Waals surface area contributed by atoms with E-state index in [1.165, 1.54) is 12.8 Å². The quantitative estimate of drug-likeness (QED) is 0.802. The van der Waals surface area contributed by atoms with Crippen LogP contribution < -0.4 is 4.74 Å². The van der Waals surface area contributed by atoms with Crippen molar-refractivity contribution in [1.82, 2.24) is 4.98 Å². The molecule has 0 unspecified atom stereocenters. The average Bonchev–Trinajstić information content (AvgIpc) is 2.25. The second-order valence-electron chi connectivity index (χ2n) is 5.76. The van der Waals surface area contributed by atoms with Crippen LogP contribution in [-0.2, 0) is 0 Å². The summed E-state index contributed by atoms with van der Waals surface area (Å²) in [7, 11) is 0. The number of nitrogens with zero attached hydrogens (tertiary/aromatic N) is 1. The Balaban J connectivity index is 1.98. The smallest absolute Gasteiger partial charge is 0.216 e. The molecule has 0 aromatic carbocycles. The highest BCUT2D eigenvalue weighted by molar-refractivity contribution is 9.10. The number of hydrogen-bond donors (Lipinski definition) is 0. The summed E-state index contributed by atoms with van der Waals surface area (Å²) < 4.78 is 7.01. The SMILES string of the molecule is Cc1cc(Br)cnc1OC1CCC(C)(C)CC1. The van der Waals surface area contributed by atoms with Gasteiger partial charge in [0, 0.05) is 16.2 Å². The first kappa shape index (κ1) is 12.9. The van der Waals surface area contributed by atoms with Gasteiger partial charge in [-0.1, -0.05) is 13.8 Å². The molecule has 0 atom stereocenters. The monoisotopic (exact) mass is 297 g/mol. The van der Waals surface area contributed by atoms with Gasteiger partial charge in [0.05, 0.1) is 0 Å². The Kier molecular flexibility index (Phi) is 3.76. The second kappa shape index (κ2) is 4.97. The number of halogens is 1. The minimum absolute atomic E-state index is 0.343. The molecule has 1 aromatic rings. The molecule has 1 fully saturated rings. The zero-order valence-electron chi connectivity index (χ0n) is 10.8. The van der Waals surface area contributed by atoms with E-state index in [-0.39, 0.29) is 0 Å². The van der Waals surface area contributed by atoms with Crippen LogP contribution in [0.4, 0.5) is 0 Å². The van der Waals surface area contributed by atoms with Crippen molar-refractivity contribution in [3.8, 4) is 5.88 Å². The second-order valence-corrected chi connectivity index (χ2v) is 6.67. The lowest BCUT2D eigenvalue weighted by Crippen LogP contribution is -2.28. The van der Waals surface area contributed by atoms with Crippen molar-refractivity contribution in [3.63, 3.8) is 0 Å². The molecule has 0 radical (unpaired) electrons. The number of hydrogen-bond acceptors (Lipinski definition) is 2. The van der Waals surface area contributed by atoms with E-state index >= 15 is 0 Å². The third kappa shape index (κ3) is 3.44. The van der Waals surface area contributed by atoms with Crippen LogP contribution in [0, 0.1) is 12.3 Å². The van der Waals surface area contributed by atoms with Crippen LogP contribution in [0.15, 0.2) is 16.7 Å². The van der Waals surface area contributed by atoms with Crippen molar-refractivity contribution in [2.45, 2.75) is 52.6 Å². The van der Waals surface area contributed by atoms with Gasteiger partial charge in [-0.15, -0.1) is 0 Å². The van der Waals surface area contributed by atoms with Gasteiger partial charge in [0.2, 0.25) is 5.88 Å². The van der Waals surface area contributed by atoms with E-state index in [2.05, 4.69) is 40.8 Å². The van der Waals surface area contributed by atoms with Gasteiger partial charge in [-0.2, -0.15) is 0 Å². The Morgan fingerprint density at radius 3 is 2.59 bits per heavy atom. The third-order valence-electron chi connectivity index (χ3n) is 3.56. The van der Waals surface area contributed by atoms with Crippen LogP contribution in [0.25, 0.3) is 0 Å².